The van der Waals surface area contributed by atoms with Crippen molar-refractivity contribution in [1.82, 2.24) is 5.32 Å². The maximum Gasteiger partial charge on any atom is 0.252 e. The lowest BCUT2D eigenvalue weighted by atomic mass is 9.97. The number of hydrogen-bond donors (Lipinski definition) is 2. The summed E-state index contributed by atoms with van der Waals surface area (Å²) >= 11 is 0. The van der Waals surface area contributed by atoms with E-state index in [0.29, 0.717) is 11.3 Å². The van der Waals surface area contributed by atoms with E-state index in [1.807, 2.05) is 61.5 Å². The highest BCUT2D eigenvalue weighted by atomic mass is 32.2. The normalized spacial score (nSPS) is 12.2. The summed E-state index contributed by atoms with van der Waals surface area (Å²) in [6, 6.07) is 24.0. The maximum atomic E-state index is 12.9. The van der Waals surface area contributed by atoms with Gasteiger partial charge in [-0.2, -0.15) is 0 Å². The van der Waals surface area contributed by atoms with E-state index in [2.05, 4.69) is 10.0 Å². The predicted octanol–water partition coefficient (Wildman–Crippen LogP) is 4.28. The maximum absolute atomic E-state index is 12.9. The van der Waals surface area contributed by atoms with Gasteiger partial charge in [-0.1, -0.05) is 60.2 Å². The van der Waals surface area contributed by atoms with Gasteiger partial charge in [-0.25, -0.2) is 8.42 Å². The third kappa shape index (κ3) is 5.45. The molecule has 0 radical (unpaired) electrons. The standard InChI is InChI=1S/C23H24N2O3S/c1-3-29(27,28)25-21-15-13-20(14-16-21)23(26)24-22(18-7-5-4-6-8-18)19-11-9-17(2)10-12-19/h4-16,22,25H,3H2,1-2H3,(H,24,26)/t22-/m0/s1. The molecule has 2 N–H and O–H groups in total. The van der Waals surface area contributed by atoms with Crippen molar-refractivity contribution in [2.75, 3.05) is 10.5 Å². The molecule has 0 aliphatic heterocycles. The first kappa shape index (κ1) is 20.6. The molecule has 0 heterocycles. The summed E-state index contributed by atoms with van der Waals surface area (Å²) in [4.78, 5) is 12.9. The van der Waals surface area contributed by atoms with Crippen molar-refractivity contribution >= 4 is 21.6 Å². The average molecular weight is 409 g/mol. The summed E-state index contributed by atoms with van der Waals surface area (Å²) in [5.74, 6) is -0.241. The van der Waals surface area contributed by atoms with E-state index >= 15 is 0 Å². The highest BCUT2D eigenvalue weighted by molar-refractivity contribution is 7.92. The molecule has 0 aliphatic carbocycles. The summed E-state index contributed by atoms with van der Waals surface area (Å²) in [7, 11) is -3.35. The number of amides is 1. The van der Waals surface area contributed by atoms with Gasteiger partial charge in [0, 0.05) is 11.3 Å². The van der Waals surface area contributed by atoms with Crippen LogP contribution in [0.3, 0.4) is 0 Å². The lowest BCUT2D eigenvalue weighted by Crippen LogP contribution is -2.29. The Hall–Kier alpha value is -3.12. The first-order valence-electron chi connectivity index (χ1n) is 9.41. The van der Waals surface area contributed by atoms with E-state index in [4.69, 9.17) is 0 Å². The van der Waals surface area contributed by atoms with Crippen molar-refractivity contribution in [3.05, 3.63) is 101 Å². The molecule has 3 rings (SSSR count). The van der Waals surface area contributed by atoms with Crippen molar-refractivity contribution in [3.8, 4) is 0 Å². The molecule has 150 valence electrons. The predicted molar refractivity (Wildman–Crippen MR) is 116 cm³/mol. The van der Waals surface area contributed by atoms with Gasteiger partial charge >= 0.3 is 0 Å². The van der Waals surface area contributed by atoms with Crippen molar-refractivity contribution in [2.45, 2.75) is 19.9 Å². The first-order valence-corrected chi connectivity index (χ1v) is 11.1. The Morgan fingerprint density at radius 1 is 0.862 bits per heavy atom. The molecule has 3 aromatic rings. The zero-order valence-corrected chi connectivity index (χ0v) is 17.2. The molecule has 5 nitrogen and oxygen atoms in total. The third-order valence-electron chi connectivity index (χ3n) is 4.62. The van der Waals surface area contributed by atoms with Crippen LogP contribution in [0.25, 0.3) is 0 Å². The molecule has 0 unspecified atom stereocenters. The Labute approximate surface area is 171 Å². The van der Waals surface area contributed by atoms with Gasteiger partial charge in [0.05, 0.1) is 11.8 Å². The number of nitrogens with one attached hydrogen (secondary N) is 2. The van der Waals surface area contributed by atoms with Gasteiger partial charge < -0.3 is 5.32 Å². The Kier molecular flexibility index (Phi) is 6.34. The second-order valence-corrected chi connectivity index (χ2v) is 8.82. The van der Waals surface area contributed by atoms with Crippen molar-refractivity contribution in [3.63, 3.8) is 0 Å². The first-order chi connectivity index (χ1) is 13.9. The van der Waals surface area contributed by atoms with Crippen LogP contribution in [-0.2, 0) is 10.0 Å². The van der Waals surface area contributed by atoms with Gasteiger partial charge in [0.25, 0.3) is 5.91 Å². The van der Waals surface area contributed by atoms with E-state index in [1.165, 1.54) is 0 Å². The van der Waals surface area contributed by atoms with Gasteiger partial charge in [0.15, 0.2) is 0 Å². The number of hydrogen-bond acceptors (Lipinski definition) is 3. The molecular formula is C23H24N2O3S. The number of aryl methyl sites for hydroxylation is 1. The molecule has 0 saturated heterocycles. The average Bonchev–Trinajstić information content (AvgIpc) is 2.73. The van der Waals surface area contributed by atoms with Crippen LogP contribution in [0, 0.1) is 6.92 Å². The molecule has 6 heteroatoms. The fourth-order valence-corrected chi connectivity index (χ4v) is 3.56. The van der Waals surface area contributed by atoms with Crippen molar-refractivity contribution in [1.29, 1.82) is 0 Å². The van der Waals surface area contributed by atoms with Crippen LogP contribution in [0.4, 0.5) is 5.69 Å². The van der Waals surface area contributed by atoms with Crippen LogP contribution in [-0.4, -0.2) is 20.1 Å². The minimum atomic E-state index is -3.35. The largest absolute Gasteiger partial charge is 0.341 e. The summed E-state index contributed by atoms with van der Waals surface area (Å²) in [5.41, 5.74) is 4.01. The van der Waals surface area contributed by atoms with E-state index in [1.54, 1.807) is 31.2 Å². The SMILES string of the molecule is CCS(=O)(=O)Nc1ccc(C(=O)N[C@@H](c2ccccc2)c2ccc(C)cc2)cc1. The Balaban J connectivity index is 1.82. The van der Waals surface area contributed by atoms with Crippen molar-refractivity contribution < 1.29 is 13.2 Å². The Bertz CT molecular complexity index is 1060. The quantitative estimate of drug-likeness (QED) is 0.613. The van der Waals surface area contributed by atoms with E-state index in [-0.39, 0.29) is 17.7 Å². The van der Waals surface area contributed by atoms with Gasteiger partial charge in [-0.15, -0.1) is 0 Å². The van der Waals surface area contributed by atoms with Gasteiger partial charge in [-0.3, -0.25) is 9.52 Å². The molecule has 0 bridgehead atoms. The molecule has 1 amide bonds. The molecule has 1 atom stereocenters. The van der Waals surface area contributed by atoms with Crippen LogP contribution in [0.2, 0.25) is 0 Å². The van der Waals surface area contributed by atoms with E-state index < -0.39 is 10.0 Å². The van der Waals surface area contributed by atoms with Crippen LogP contribution < -0.4 is 10.0 Å². The fourth-order valence-electron chi connectivity index (χ4n) is 2.92. The van der Waals surface area contributed by atoms with Crippen LogP contribution in [0.1, 0.15) is 40.0 Å². The highest BCUT2D eigenvalue weighted by Gasteiger charge is 2.18. The summed E-state index contributed by atoms with van der Waals surface area (Å²) in [6.45, 7) is 3.59. The zero-order valence-electron chi connectivity index (χ0n) is 16.4. The molecule has 0 spiro atoms. The van der Waals surface area contributed by atoms with Crippen LogP contribution in [0.15, 0.2) is 78.9 Å². The minimum absolute atomic E-state index is 0.00938. The topological polar surface area (TPSA) is 75.3 Å². The molecule has 0 saturated carbocycles. The molecular weight excluding hydrogens is 384 g/mol. The number of anilines is 1. The summed E-state index contributed by atoms with van der Waals surface area (Å²) < 4.78 is 25.8. The summed E-state index contributed by atoms with van der Waals surface area (Å²) in [6.07, 6.45) is 0. The van der Waals surface area contributed by atoms with Crippen molar-refractivity contribution in [2.24, 2.45) is 0 Å². The molecule has 29 heavy (non-hydrogen) atoms. The monoisotopic (exact) mass is 408 g/mol. The Morgan fingerprint density at radius 3 is 2.03 bits per heavy atom. The summed E-state index contributed by atoms with van der Waals surface area (Å²) in [5, 5.41) is 3.09. The number of carbonyl (C=O) groups is 1. The molecule has 0 aromatic heterocycles. The molecule has 0 fully saturated rings. The van der Waals surface area contributed by atoms with Crippen LogP contribution in [0.5, 0.6) is 0 Å². The Morgan fingerprint density at radius 2 is 1.45 bits per heavy atom. The zero-order chi connectivity index (χ0) is 20.9. The van der Waals surface area contributed by atoms with E-state index in [9.17, 15) is 13.2 Å². The van der Waals surface area contributed by atoms with Crippen LogP contribution >= 0.6 is 0 Å². The minimum Gasteiger partial charge on any atom is -0.341 e. The second-order valence-electron chi connectivity index (χ2n) is 6.81. The van der Waals surface area contributed by atoms with Gasteiger partial charge in [-0.05, 0) is 49.2 Å². The third-order valence-corrected chi connectivity index (χ3v) is 5.93. The van der Waals surface area contributed by atoms with E-state index in [0.717, 1.165) is 16.7 Å². The highest BCUT2D eigenvalue weighted by Crippen LogP contribution is 2.23. The molecule has 3 aromatic carbocycles. The number of carbonyl (C=O) groups excluding carboxylic acids is 1. The lowest BCUT2D eigenvalue weighted by Gasteiger charge is -2.20. The van der Waals surface area contributed by atoms with Gasteiger partial charge in [0.2, 0.25) is 10.0 Å². The number of benzene rings is 3. The second kappa shape index (κ2) is 8.92. The molecule has 0 aliphatic rings. The van der Waals surface area contributed by atoms with Gasteiger partial charge in [0.1, 0.15) is 0 Å². The smallest absolute Gasteiger partial charge is 0.252 e. The number of rotatable bonds is 7. The lowest BCUT2D eigenvalue weighted by molar-refractivity contribution is 0.0943. The number of sulfonamides is 1. The fraction of sp³-hybridized carbons (Fsp3) is 0.174.